The Bertz CT molecular complexity index is 632. The van der Waals surface area contributed by atoms with Gasteiger partial charge in [-0.15, -0.1) is 11.8 Å². The molecule has 3 nitrogen and oxygen atoms in total. The number of nitrogens with two attached hydrogens (primary N) is 1. The van der Waals surface area contributed by atoms with Crippen LogP contribution in [0, 0.1) is 0 Å². The summed E-state index contributed by atoms with van der Waals surface area (Å²) in [7, 11) is 0. The number of thioether (sulfide) groups is 1. The van der Waals surface area contributed by atoms with Crippen LogP contribution in [0.25, 0.3) is 0 Å². The SMILES string of the molecule is Nc1ccc(SCCC(=O)Nc2cccc(Cl)c2Cl)cc1. The minimum Gasteiger partial charge on any atom is -0.399 e. The topological polar surface area (TPSA) is 55.1 Å². The van der Waals surface area contributed by atoms with E-state index in [4.69, 9.17) is 28.9 Å². The minimum atomic E-state index is -0.0953. The second kappa shape index (κ2) is 7.59. The van der Waals surface area contributed by atoms with Crippen LogP contribution in [-0.4, -0.2) is 11.7 Å². The fourth-order valence-corrected chi connectivity index (χ4v) is 2.84. The van der Waals surface area contributed by atoms with Gasteiger partial charge >= 0.3 is 0 Å². The van der Waals surface area contributed by atoms with Crippen LogP contribution in [0.15, 0.2) is 47.4 Å². The number of amides is 1. The molecule has 0 radical (unpaired) electrons. The lowest BCUT2D eigenvalue weighted by atomic mass is 10.3. The van der Waals surface area contributed by atoms with Crippen molar-refractivity contribution >= 4 is 52.2 Å². The van der Waals surface area contributed by atoms with Gasteiger partial charge in [0.15, 0.2) is 0 Å². The van der Waals surface area contributed by atoms with Gasteiger partial charge in [-0.25, -0.2) is 0 Å². The number of carbonyl (C=O) groups is 1. The Morgan fingerprint density at radius 2 is 1.86 bits per heavy atom. The molecule has 0 aliphatic carbocycles. The summed E-state index contributed by atoms with van der Waals surface area (Å²) in [4.78, 5) is 13.0. The van der Waals surface area contributed by atoms with Crippen molar-refractivity contribution < 1.29 is 4.79 Å². The highest BCUT2D eigenvalue weighted by Gasteiger charge is 2.08. The molecule has 2 rings (SSSR count). The molecule has 6 heteroatoms. The highest BCUT2D eigenvalue weighted by molar-refractivity contribution is 7.99. The first-order valence-electron chi connectivity index (χ1n) is 6.28. The number of carbonyl (C=O) groups excluding carboxylic acids is 1. The summed E-state index contributed by atoms with van der Waals surface area (Å²) in [6.45, 7) is 0. The van der Waals surface area contributed by atoms with Crippen molar-refractivity contribution in [3.05, 3.63) is 52.5 Å². The Morgan fingerprint density at radius 1 is 1.14 bits per heavy atom. The zero-order valence-corrected chi connectivity index (χ0v) is 13.4. The smallest absolute Gasteiger partial charge is 0.225 e. The Hall–Kier alpha value is -1.36. The molecule has 0 fully saturated rings. The lowest BCUT2D eigenvalue weighted by Crippen LogP contribution is -2.12. The third-order valence-corrected chi connectivity index (χ3v) is 4.54. The van der Waals surface area contributed by atoms with Gasteiger partial charge in [-0.3, -0.25) is 4.79 Å². The second-order valence-corrected chi connectivity index (χ2v) is 6.27. The van der Waals surface area contributed by atoms with Crippen molar-refractivity contribution in [3.8, 4) is 0 Å². The van der Waals surface area contributed by atoms with E-state index in [-0.39, 0.29) is 5.91 Å². The Morgan fingerprint density at radius 3 is 2.57 bits per heavy atom. The molecule has 2 aromatic carbocycles. The summed E-state index contributed by atoms with van der Waals surface area (Å²) in [5.74, 6) is 0.579. The Balaban J connectivity index is 1.82. The van der Waals surface area contributed by atoms with Crippen molar-refractivity contribution in [2.24, 2.45) is 0 Å². The van der Waals surface area contributed by atoms with Crippen molar-refractivity contribution in [3.63, 3.8) is 0 Å². The van der Waals surface area contributed by atoms with Crippen LogP contribution < -0.4 is 11.1 Å². The zero-order valence-electron chi connectivity index (χ0n) is 11.1. The molecule has 21 heavy (non-hydrogen) atoms. The van der Waals surface area contributed by atoms with E-state index >= 15 is 0 Å². The number of benzene rings is 2. The molecule has 0 aliphatic heterocycles. The maximum atomic E-state index is 11.9. The molecule has 0 atom stereocenters. The van der Waals surface area contributed by atoms with E-state index in [9.17, 15) is 4.79 Å². The summed E-state index contributed by atoms with van der Waals surface area (Å²) >= 11 is 13.5. The van der Waals surface area contributed by atoms with Gasteiger partial charge in [-0.1, -0.05) is 29.3 Å². The van der Waals surface area contributed by atoms with E-state index in [0.29, 0.717) is 27.9 Å². The fourth-order valence-electron chi connectivity index (χ4n) is 1.64. The number of halogens is 2. The van der Waals surface area contributed by atoms with Crippen molar-refractivity contribution in [2.75, 3.05) is 16.8 Å². The highest BCUT2D eigenvalue weighted by Crippen LogP contribution is 2.29. The number of rotatable bonds is 5. The van der Waals surface area contributed by atoms with E-state index in [2.05, 4.69) is 5.32 Å². The van der Waals surface area contributed by atoms with Gasteiger partial charge in [0.25, 0.3) is 0 Å². The van der Waals surface area contributed by atoms with Crippen molar-refractivity contribution in [1.82, 2.24) is 0 Å². The van der Waals surface area contributed by atoms with Gasteiger partial charge in [-0.2, -0.15) is 0 Å². The predicted octanol–water partition coefficient (Wildman–Crippen LogP) is 4.70. The lowest BCUT2D eigenvalue weighted by molar-refractivity contribution is -0.115. The van der Waals surface area contributed by atoms with Gasteiger partial charge in [0.05, 0.1) is 15.7 Å². The largest absolute Gasteiger partial charge is 0.399 e. The first-order chi connectivity index (χ1) is 10.1. The Labute approximate surface area is 137 Å². The predicted molar refractivity (Wildman–Crippen MR) is 91.3 cm³/mol. The monoisotopic (exact) mass is 340 g/mol. The van der Waals surface area contributed by atoms with Crippen molar-refractivity contribution in [1.29, 1.82) is 0 Å². The molecule has 1 amide bonds. The summed E-state index contributed by atoms with van der Waals surface area (Å²) in [6.07, 6.45) is 0.387. The van der Waals surface area contributed by atoms with Gasteiger partial charge in [0.2, 0.25) is 5.91 Å². The maximum absolute atomic E-state index is 11.9. The highest BCUT2D eigenvalue weighted by atomic mass is 35.5. The van der Waals surface area contributed by atoms with Crippen molar-refractivity contribution in [2.45, 2.75) is 11.3 Å². The summed E-state index contributed by atoms with van der Waals surface area (Å²) in [6, 6.07) is 12.7. The summed E-state index contributed by atoms with van der Waals surface area (Å²) in [5, 5.41) is 3.54. The van der Waals surface area contributed by atoms with Gasteiger partial charge in [-0.05, 0) is 36.4 Å². The van der Waals surface area contributed by atoms with E-state index < -0.39 is 0 Å². The van der Waals surface area contributed by atoms with Gasteiger partial charge in [0, 0.05) is 22.8 Å². The lowest BCUT2D eigenvalue weighted by Gasteiger charge is -2.08. The molecule has 3 N–H and O–H groups in total. The third kappa shape index (κ3) is 4.84. The molecule has 0 aromatic heterocycles. The Kier molecular flexibility index (Phi) is 5.79. The van der Waals surface area contributed by atoms with E-state index in [1.165, 1.54) is 0 Å². The number of anilines is 2. The molecule has 0 bridgehead atoms. The number of nitrogen functional groups attached to an aromatic ring is 1. The molecule has 0 aliphatic rings. The number of nitrogens with one attached hydrogen (secondary N) is 1. The standard InChI is InChI=1S/C15H14Cl2N2OS/c16-12-2-1-3-13(15(12)17)19-14(20)8-9-21-11-6-4-10(18)5-7-11/h1-7H,8-9,18H2,(H,19,20). The average molecular weight is 341 g/mol. The molecule has 110 valence electrons. The van der Waals surface area contributed by atoms with Crippen LogP contribution in [0.5, 0.6) is 0 Å². The molecule has 0 saturated heterocycles. The van der Waals surface area contributed by atoms with Crippen LogP contribution in [0.3, 0.4) is 0 Å². The van der Waals surface area contributed by atoms with Crippen LogP contribution in [0.1, 0.15) is 6.42 Å². The second-order valence-electron chi connectivity index (χ2n) is 4.32. The first-order valence-corrected chi connectivity index (χ1v) is 8.02. The van der Waals surface area contributed by atoms with Crippen LogP contribution in [0.2, 0.25) is 10.0 Å². The quantitative estimate of drug-likeness (QED) is 0.612. The summed E-state index contributed by atoms with van der Waals surface area (Å²) < 4.78 is 0. The molecular formula is C15H14Cl2N2OS. The van der Waals surface area contributed by atoms with Gasteiger partial charge < -0.3 is 11.1 Å². The molecule has 0 unspecified atom stereocenters. The molecular weight excluding hydrogens is 327 g/mol. The number of hydrogen-bond donors (Lipinski definition) is 2. The summed E-state index contributed by atoms with van der Waals surface area (Å²) in [5.41, 5.74) is 6.88. The maximum Gasteiger partial charge on any atom is 0.225 e. The normalized spacial score (nSPS) is 10.4. The first kappa shape index (κ1) is 16.0. The van der Waals surface area contributed by atoms with E-state index in [1.54, 1.807) is 30.0 Å². The van der Waals surface area contributed by atoms with E-state index in [0.717, 1.165) is 10.6 Å². The molecule has 2 aromatic rings. The number of hydrogen-bond acceptors (Lipinski definition) is 3. The zero-order chi connectivity index (χ0) is 15.2. The fraction of sp³-hybridized carbons (Fsp3) is 0.133. The van der Waals surface area contributed by atoms with Gasteiger partial charge in [0.1, 0.15) is 0 Å². The third-order valence-electron chi connectivity index (χ3n) is 2.70. The molecule has 0 heterocycles. The minimum absolute atomic E-state index is 0.0953. The van der Waals surface area contributed by atoms with E-state index in [1.807, 2.05) is 24.3 Å². The van der Waals surface area contributed by atoms with Crippen LogP contribution >= 0.6 is 35.0 Å². The average Bonchev–Trinajstić information content (AvgIpc) is 2.46. The molecule has 0 saturated carbocycles. The van der Waals surface area contributed by atoms with Crippen LogP contribution in [-0.2, 0) is 4.79 Å². The molecule has 0 spiro atoms. The van der Waals surface area contributed by atoms with Crippen LogP contribution in [0.4, 0.5) is 11.4 Å².